The van der Waals surface area contributed by atoms with Gasteiger partial charge in [0.25, 0.3) is 30.7 Å². The van der Waals surface area contributed by atoms with E-state index in [4.69, 9.17) is 20.1 Å². The van der Waals surface area contributed by atoms with Crippen molar-refractivity contribution in [2.24, 2.45) is 0 Å². The number of alkyl halides is 6. The SMILES string of the molecule is Brc1nnc(Br)s1.C1CCN(C2CCNCC2)CC1.FC1(F)CCN(c2nnc(Br)s2)CC1.FC1(F)CCN(c2nnc(N3CCC(N4CCCCC4)CC3)s2)CC1.FC1(F)CCNCC1.O=CO[O-].O=CO[O-].[H-].[H-].[K+].[K+].[K+].[K+]. The van der Waals surface area contributed by atoms with Crippen molar-refractivity contribution < 1.29 is 265 Å². The van der Waals surface area contributed by atoms with Crippen LogP contribution in [0.3, 0.4) is 0 Å². The molecule has 7 fully saturated rings. The van der Waals surface area contributed by atoms with Crippen molar-refractivity contribution in [2.75, 3.05) is 106 Å². The number of rotatable bonds is 7. The standard InChI is InChI=1S/C17H27F2N5S.C10H20N2.C7H8BrF2N3S.C5H9F2N.C2Br2N2S.2CH2O3.4K.2H/c18-17(19)6-12-24(13-7-17)16-21-20-15(25-16)23-10-4-14(5-11-23)22-8-2-1-3-9-22;1-2-8-12(9-3-1)10-4-6-11-7-5-10;8-5-11-12-6(14-5)13-3-1-7(9,10)2-4-13;6-5(7)1-3-8-4-2-5;3-1-5-6-2(4)7-1;2*2-1-4-3;;;;;;/h14H,1-13H2;10-11H,1-9H2;1-4H2;8H,1-4H2;;2*1,3H;;;;;;/q;;;;;;;4*+1;2*-1/p-2. The van der Waals surface area contributed by atoms with Gasteiger partial charge in [-0.25, -0.2) is 26.3 Å². The number of likely N-dealkylation sites (tertiary alicyclic amines) is 2. The Morgan fingerprint density at radius 3 is 1.09 bits per heavy atom. The Morgan fingerprint density at radius 1 is 0.462 bits per heavy atom. The Balaban J connectivity index is -0.000000934. The molecule has 7 saturated heterocycles. The number of hydrogen-bond acceptors (Lipinski definition) is 22. The van der Waals surface area contributed by atoms with Crippen LogP contribution in [-0.2, 0) is 19.4 Å². The maximum absolute atomic E-state index is 13.3. The summed E-state index contributed by atoms with van der Waals surface area (Å²) in [4.78, 5) is 34.0. The van der Waals surface area contributed by atoms with E-state index in [1.54, 1.807) is 11.3 Å². The van der Waals surface area contributed by atoms with E-state index in [9.17, 15) is 26.3 Å². The van der Waals surface area contributed by atoms with Gasteiger partial charge in [0.1, 0.15) is 0 Å². The van der Waals surface area contributed by atoms with Gasteiger partial charge in [0.05, 0.1) is 0 Å². The summed E-state index contributed by atoms with van der Waals surface area (Å²) in [7, 11) is 0. The number of carbonyl (C=O) groups excluding carboxylic acids is 2. The Morgan fingerprint density at radius 2 is 0.769 bits per heavy atom. The molecule has 0 unspecified atom stereocenters. The fourth-order valence-corrected chi connectivity index (χ4v) is 13.1. The van der Waals surface area contributed by atoms with Crippen LogP contribution in [0.1, 0.15) is 106 Å². The molecule has 19 nitrogen and oxygen atoms in total. The van der Waals surface area contributed by atoms with Gasteiger partial charge in [-0.05, 0) is 138 Å². The monoisotopic (exact) mass is 1470 g/mol. The molecule has 35 heteroatoms. The molecular weight excluding hydrogens is 1400 g/mol. The predicted molar refractivity (Wildman–Crippen MR) is 281 cm³/mol. The zero-order valence-corrected chi connectivity index (χ0v) is 64.7. The molecule has 7 aliphatic rings. The molecule has 0 spiro atoms. The molecule has 0 atom stereocenters. The quantitative estimate of drug-likeness (QED) is 0.0746. The third kappa shape index (κ3) is 34.4. The van der Waals surface area contributed by atoms with Gasteiger partial charge >= 0.3 is 206 Å². The molecule has 10 rings (SSSR count). The molecule has 10 heterocycles. The van der Waals surface area contributed by atoms with E-state index in [-0.39, 0.29) is 260 Å². The van der Waals surface area contributed by atoms with Gasteiger partial charge < -0.3 is 58.3 Å². The van der Waals surface area contributed by atoms with E-state index in [1.165, 1.54) is 126 Å². The summed E-state index contributed by atoms with van der Waals surface area (Å²) in [6.45, 7) is 11.8. The summed E-state index contributed by atoms with van der Waals surface area (Å²) in [6, 6.07) is 1.62. The van der Waals surface area contributed by atoms with E-state index in [0.29, 0.717) is 54.4 Å². The van der Waals surface area contributed by atoms with Gasteiger partial charge in [0, 0.05) is 103 Å². The summed E-state index contributed by atoms with van der Waals surface area (Å²) >= 11 is 13.9. The van der Waals surface area contributed by atoms with Gasteiger partial charge in [-0.1, -0.05) is 46.9 Å². The molecule has 3 aromatic rings. The first-order valence-electron chi connectivity index (χ1n) is 24.7. The third-order valence-electron chi connectivity index (χ3n) is 13.0. The number of anilines is 3. The second-order valence-corrected chi connectivity index (χ2v) is 24.8. The van der Waals surface area contributed by atoms with Crippen molar-refractivity contribution in [3.63, 3.8) is 0 Å². The first kappa shape index (κ1) is 82.3. The van der Waals surface area contributed by atoms with Crippen molar-refractivity contribution >= 4 is 110 Å². The molecule has 0 bridgehead atoms. The molecule has 2 N–H and O–H groups in total. The van der Waals surface area contributed by atoms with E-state index in [1.807, 2.05) is 9.80 Å². The Bertz CT molecular complexity index is 1960. The minimum atomic E-state index is -2.51. The van der Waals surface area contributed by atoms with Crippen LogP contribution in [0.15, 0.2) is 11.8 Å². The molecule has 0 saturated carbocycles. The van der Waals surface area contributed by atoms with Crippen molar-refractivity contribution in [2.45, 2.75) is 133 Å². The molecule has 7 aliphatic heterocycles. The summed E-state index contributed by atoms with van der Waals surface area (Å²) < 4.78 is 78.9. The van der Waals surface area contributed by atoms with Gasteiger partial charge in [0.2, 0.25) is 15.4 Å². The zero-order valence-electron chi connectivity index (χ0n) is 47.0. The van der Waals surface area contributed by atoms with Gasteiger partial charge in [-0.15, -0.1) is 30.6 Å². The maximum atomic E-state index is 13.3. The van der Waals surface area contributed by atoms with Crippen LogP contribution in [0.2, 0.25) is 0 Å². The Labute approximate surface area is 663 Å². The second kappa shape index (κ2) is 46.4. The van der Waals surface area contributed by atoms with Gasteiger partial charge in [-0.2, -0.15) is 0 Å². The average molecular weight is 1470 g/mol. The second-order valence-electron chi connectivity index (χ2n) is 18.1. The molecule has 78 heavy (non-hydrogen) atoms. The smallest absolute Gasteiger partial charge is 1.00 e. The number of hydrogen-bond donors (Lipinski definition) is 2. The fourth-order valence-electron chi connectivity index (χ4n) is 8.98. The normalized spacial score (nSPS) is 20.9. The van der Waals surface area contributed by atoms with Crippen molar-refractivity contribution in [3.8, 4) is 0 Å². The molecule has 0 aromatic carbocycles. The van der Waals surface area contributed by atoms with Gasteiger partial charge in [-0.3, -0.25) is 9.59 Å². The van der Waals surface area contributed by atoms with Crippen molar-refractivity contribution in [1.82, 2.24) is 51.0 Å². The van der Waals surface area contributed by atoms with Crippen LogP contribution in [-0.4, -0.2) is 175 Å². The minimum Gasteiger partial charge on any atom is -1.00 e. The first-order chi connectivity index (χ1) is 35.5. The number of piperidine rings is 7. The van der Waals surface area contributed by atoms with E-state index in [2.05, 4.69) is 113 Å². The summed E-state index contributed by atoms with van der Waals surface area (Å²) in [5.41, 5.74) is 0. The van der Waals surface area contributed by atoms with Crippen LogP contribution in [0, 0.1) is 0 Å². The van der Waals surface area contributed by atoms with E-state index < -0.39 is 17.8 Å². The van der Waals surface area contributed by atoms with Crippen molar-refractivity contribution in [3.05, 3.63) is 11.8 Å². The zero-order chi connectivity index (χ0) is 53.8. The third-order valence-corrected chi connectivity index (χ3v) is 17.2. The predicted octanol–water partition coefficient (Wildman–Crippen LogP) is -4.83. The van der Waals surface area contributed by atoms with Crippen LogP contribution >= 0.6 is 81.8 Å². The molecule has 426 valence electrons. The number of halogens is 9. The van der Waals surface area contributed by atoms with E-state index in [0.717, 1.165) is 37.2 Å². The number of nitrogens with zero attached hydrogens (tertiary/aromatic N) is 11. The fraction of sp³-hybridized carbons (Fsp3) is 0.814. The van der Waals surface area contributed by atoms with Crippen molar-refractivity contribution in [1.29, 1.82) is 0 Å². The topological polar surface area (TPSA) is 216 Å². The first-order valence-corrected chi connectivity index (χ1v) is 29.5. The van der Waals surface area contributed by atoms with Crippen LogP contribution < -0.4 is 241 Å². The van der Waals surface area contributed by atoms with Crippen LogP contribution in [0.4, 0.5) is 41.7 Å². The largest absolute Gasteiger partial charge is 1.00 e. The Hall–Kier alpha value is 4.35. The minimum absolute atomic E-state index is 0. The summed E-state index contributed by atoms with van der Waals surface area (Å²) in [6.07, 6.45) is 13.2. The molecule has 0 radical (unpaired) electrons. The van der Waals surface area contributed by atoms with E-state index >= 15 is 0 Å². The molecule has 0 aliphatic carbocycles. The molecular formula is C43H68Br3F6K4N13O6S3. The number of nitrogens with one attached hydrogen (secondary N) is 2. The molecule has 0 amide bonds. The average Bonchev–Trinajstić information content (AvgIpc) is 4.19. The summed E-state index contributed by atoms with van der Waals surface area (Å²) in [5.74, 6) is -7.40. The molecule has 3 aromatic heterocycles. The maximum Gasteiger partial charge on any atom is 1.00 e. The van der Waals surface area contributed by atoms with Crippen LogP contribution in [0.25, 0.3) is 0 Å². The Kier molecular flexibility index (Phi) is 49.0. The number of aromatic nitrogens is 6. The van der Waals surface area contributed by atoms with Crippen LogP contribution in [0.5, 0.6) is 0 Å². The summed E-state index contributed by atoms with van der Waals surface area (Å²) in [5, 5.41) is 49.2. The van der Waals surface area contributed by atoms with Gasteiger partial charge in [0.15, 0.2) is 11.8 Å². The number of carbonyl (C=O) groups is 2.